The molecule has 1 atom stereocenters. The van der Waals surface area contributed by atoms with E-state index in [2.05, 4.69) is 50.2 Å². The van der Waals surface area contributed by atoms with Gasteiger partial charge in [0.15, 0.2) is 0 Å². The first-order chi connectivity index (χ1) is 11.5. The predicted molar refractivity (Wildman–Crippen MR) is 101 cm³/mol. The van der Waals surface area contributed by atoms with Crippen LogP contribution in [0.15, 0.2) is 58.1 Å². The Balaban J connectivity index is 1.89. The van der Waals surface area contributed by atoms with Gasteiger partial charge in [0.25, 0.3) is 0 Å². The summed E-state index contributed by atoms with van der Waals surface area (Å²) >= 11 is 3.45. The van der Waals surface area contributed by atoms with E-state index >= 15 is 0 Å². The maximum Gasteiger partial charge on any atom is 0.240 e. The molecule has 1 amide bonds. The molecule has 0 saturated heterocycles. The monoisotopic (exact) mass is 385 g/mol. The number of carbonyl (C=O) groups excluding carboxylic acids is 1. The van der Waals surface area contributed by atoms with Gasteiger partial charge in [0.2, 0.25) is 5.91 Å². The summed E-state index contributed by atoms with van der Waals surface area (Å²) in [6.45, 7) is 1.56. The fourth-order valence-corrected chi connectivity index (χ4v) is 3.14. The summed E-state index contributed by atoms with van der Waals surface area (Å²) in [5, 5.41) is 6.18. The van der Waals surface area contributed by atoms with Gasteiger partial charge >= 0.3 is 0 Å². The Hall–Kier alpha value is -2.14. The van der Waals surface area contributed by atoms with Crippen molar-refractivity contribution in [1.29, 1.82) is 0 Å². The summed E-state index contributed by atoms with van der Waals surface area (Å²) in [5.74, 6) is -0.0382. The highest BCUT2D eigenvalue weighted by Gasteiger charge is 2.31. The fraction of sp³-hybridized carbons (Fsp3) is 0.263. The van der Waals surface area contributed by atoms with Crippen LogP contribution in [0.3, 0.4) is 0 Å². The molecule has 2 aromatic rings. The topological polar surface area (TPSA) is 35.9 Å². The Bertz CT molecular complexity index is 766. The molecule has 1 aliphatic rings. The van der Waals surface area contributed by atoms with Crippen molar-refractivity contribution >= 4 is 33.2 Å². The van der Waals surface area contributed by atoms with Crippen molar-refractivity contribution in [2.24, 2.45) is 5.10 Å². The fourth-order valence-electron chi connectivity index (χ4n) is 2.87. The van der Waals surface area contributed by atoms with Crippen LogP contribution in [0.25, 0.3) is 0 Å². The van der Waals surface area contributed by atoms with Crippen molar-refractivity contribution < 1.29 is 4.79 Å². The second kappa shape index (κ2) is 6.77. The predicted octanol–water partition coefficient (Wildman–Crippen LogP) is 4.21. The Labute approximate surface area is 150 Å². The molecule has 124 valence electrons. The van der Waals surface area contributed by atoms with Gasteiger partial charge in [-0.25, -0.2) is 5.01 Å². The zero-order chi connectivity index (χ0) is 17.3. The number of rotatable bonds is 3. The lowest BCUT2D eigenvalue weighted by Gasteiger charge is -2.21. The van der Waals surface area contributed by atoms with E-state index < -0.39 is 0 Å². The van der Waals surface area contributed by atoms with Gasteiger partial charge in [0, 0.05) is 37.6 Å². The number of hydrogen-bond donors (Lipinski definition) is 0. The second-order valence-corrected chi connectivity index (χ2v) is 7.04. The minimum atomic E-state index is -0.0441. The first kappa shape index (κ1) is 16.7. The first-order valence-electron chi connectivity index (χ1n) is 7.86. The van der Waals surface area contributed by atoms with Crippen LogP contribution in [0.4, 0.5) is 5.69 Å². The van der Waals surface area contributed by atoms with Gasteiger partial charge in [0.1, 0.15) is 0 Å². The molecule has 0 aromatic heterocycles. The van der Waals surface area contributed by atoms with Crippen LogP contribution in [0.2, 0.25) is 0 Å². The average Bonchev–Trinajstić information content (AvgIpc) is 3.01. The SMILES string of the molecule is CC(=O)N1N=C(c2ccc(Br)cc2)C[C@@H]1c1ccc(N(C)C)cc1. The summed E-state index contributed by atoms with van der Waals surface area (Å²) in [4.78, 5) is 14.1. The Morgan fingerprint density at radius 1 is 1.12 bits per heavy atom. The lowest BCUT2D eigenvalue weighted by atomic mass is 9.98. The third-order valence-electron chi connectivity index (χ3n) is 4.20. The molecule has 3 rings (SSSR count). The molecule has 2 aromatic carbocycles. The third-order valence-corrected chi connectivity index (χ3v) is 4.73. The second-order valence-electron chi connectivity index (χ2n) is 6.12. The van der Waals surface area contributed by atoms with Crippen molar-refractivity contribution in [3.05, 3.63) is 64.1 Å². The van der Waals surface area contributed by atoms with Crippen molar-refractivity contribution in [2.45, 2.75) is 19.4 Å². The molecule has 4 nitrogen and oxygen atoms in total. The number of halogens is 1. The van der Waals surface area contributed by atoms with Crippen LogP contribution in [-0.2, 0) is 4.79 Å². The zero-order valence-electron chi connectivity index (χ0n) is 14.0. The van der Waals surface area contributed by atoms with Crippen molar-refractivity contribution in [3.63, 3.8) is 0 Å². The Morgan fingerprint density at radius 3 is 2.29 bits per heavy atom. The summed E-state index contributed by atoms with van der Waals surface area (Å²) in [6.07, 6.45) is 0.725. The minimum Gasteiger partial charge on any atom is -0.378 e. The molecular formula is C19H20BrN3O. The normalized spacial score (nSPS) is 16.9. The number of anilines is 1. The smallest absolute Gasteiger partial charge is 0.240 e. The standard InChI is InChI=1S/C19H20BrN3O/c1-13(24)23-19(15-6-10-17(11-7-15)22(2)3)12-18(21-23)14-4-8-16(20)9-5-14/h4-11,19H,12H2,1-3H3/t19-/m1/s1. The van der Waals surface area contributed by atoms with E-state index in [9.17, 15) is 4.79 Å². The van der Waals surface area contributed by atoms with Crippen molar-refractivity contribution in [3.8, 4) is 0 Å². The van der Waals surface area contributed by atoms with E-state index in [1.165, 1.54) is 0 Å². The van der Waals surface area contributed by atoms with Crippen LogP contribution >= 0.6 is 15.9 Å². The highest BCUT2D eigenvalue weighted by atomic mass is 79.9. The quantitative estimate of drug-likeness (QED) is 0.792. The Morgan fingerprint density at radius 2 is 1.75 bits per heavy atom. The molecule has 0 saturated carbocycles. The number of hydrogen-bond acceptors (Lipinski definition) is 3. The molecule has 0 radical (unpaired) electrons. The lowest BCUT2D eigenvalue weighted by molar-refractivity contribution is -0.130. The molecule has 0 N–H and O–H groups in total. The van der Waals surface area contributed by atoms with Gasteiger partial charge in [-0.05, 0) is 35.4 Å². The highest BCUT2D eigenvalue weighted by molar-refractivity contribution is 9.10. The van der Waals surface area contributed by atoms with E-state index in [1.807, 2.05) is 38.4 Å². The molecule has 5 heteroatoms. The maximum atomic E-state index is 12.0. The molecule has 1 heterocycles. The van der Waals surface area contributed by atoms with E-state index in [0.29, 0.717) is 0 Å². The van der Waals surface area contributed by atoms with Crippen LogP contribution in [0.5, 0.6) is 0 Å². The van der Waals surface area contributed by atoms with E-state index in [0.717, 1.165) is 33.4 Å². The van der Waals surface area contributed by atoms with E-state index in [4.69, 9.17) is 0 Å². The zero-order valence-corrected chi connectivity index (χ0v) is 15.6. The molecular weight excluding hydrogens is 366 g/mol. The van der Waals surface area contributed by atoms with Crippen molar-refractivity contribution in [1.82, 2.24) is 5.01 Å². The lowest BCUT2D eigenvalue weighted by Crippen LogP contribution is -2.24. The number of carbonyl (C=O) groups is 1. The largest absolute Gasteiger partial charge is 0.378 e. The van der Waals surface area contributed by atoms with Crippen LogP contribution in [0.1, 0.15) is 30.5 Å². The van der Waals surface area contributed by atoms with E-state index in [1.54, 1.807) is 11.9 Å². The Kier molecular flexibility index (Phi) is 4.71. The van der Waals surface area contributed by atoms with Gasteiger partial charge in [0.05, 0.1) is 11.8 Å². The summed E-state index contributed by atoms with van der Waals surface area (Å²) in [6, 6.07) is 16.3. The number of nitrogens with zero attached hydrogens (tertiary/aromatic N) is 3. The van der Waals surface area contributed by atoms with Gasteiger partial charge in [-0.3, -0.25) is 4.79 Å². The number of hydrazone groups is 1. The van der Waals surface area contributed by atoms with Gasteiger partial charge < -0.3 is 4.90 Å². The highest BCUT2D eigenvalue weighted by Crippen LogP contribution is 2.33. The average molecular weight is 386 g/mol. The molecule has 0 bridgehead atoms. The molecule has 0 unspecified atom stereocenters. The maximum absolute atomic E-state index is 12.0. The van der Waals surface area contributed by atoms with Crippen LogP contribution in [0, 0.1) is 0 Å². The molecule has 24 heavy (non-hydrogen) atoms. The first-order valence-corrected chi connectivity index (χ1v) is 8.65. The summed E-state index contributed by atoms with van der Waals surface area (Å²) in [7, 11) is 4.03. The van der Waals surface area contributed by atoms with Gasteiger partial charge in [-0.2, -0.15) is 5.10 Å². The minimum absolute atomic E-state index is 0.0382. The van der Waals surface area contributed by atoms with E-state index in [-0.39, 0.29) is 11.9 Å². The van der Waals surface area contributed by atoms with Gasteiger partial charge in [-0.15, -0.1) is 0 Å². The van der Waals surface area contributed by atoms with Gasteiger partial charge in [-0.1, -0.05) is 40.2 Å². The molecule has 0 fully saturated rings. The summed E-state index contributed by atoms with van der Waals surface area (Å²) < 4.78 is 1.03. The number of benzene rings is 2. The number of amides is 1. The third kappa shape index (κ3) is 3.36. The molecule has 0 spiro atoms. The van der Waals surface area contributed by atoms with Crippen LogP contribution in [-0.4, -0.2) is 30.7 Å². The molecule has 0 aliphatic carbocycles. The molecule has 1 aliphatic heterocycles. The summed E-state index contributed by atoms with van der Waals surface area (Å²) in [5.41, 5.74) is 4.24. The van der Waals surface area contributed by atoms with Crippen LogP contribution < -0.4 is 4.90 Å². The van der Waals surface area contributed by atoms with Crippen molar-refractivity contribution in [2.75, 3.05) is 19.0 Å².